The molecule has 0 spiro atoms. The van der Waals surface area contributed by atoms with Crippen molar-refractivity contribution in [2.75, 3.05) is 26.7 Å². The number of piperidine rings is 1. The summed E-state index contributed by atoms with van der Waals surface area (Å²) in [5, 5.41) is 9.22. The van der Waals surface area contributed by atoms with Crippen LogP contribution in [0.15, 0.2) is 30.6 Å². The van der Waals surface area contributed by atoms with Gasteiger partial charge in [-0.25, -0.2) is 14.6 Å². The molecular formula is C27H34N8O. The summed E-state index contributed by atoms with van der Waals surface area (Å²) in [6.07, 6.45) is 6.39. The molecule has 9 heteroatoms. The number of aromatic nitrogens is 7. The fourth-order valence-electron chi connectivity index (χ4n) is 5.56. The van der Waals surface area contributed by atoms with Crippen LogP contribution in [0.5, 0.6) is 5.75 Å². The molecule has 0 amide bonds. The third-order valence-electron chi connectivity index (χ3n) is 7.45. The lowest BCUT2D eigenvalue weighted by Crippen LogP contribution is -2.30. The largest absolute Gasteiger partial charge is 0.491 e. The second-order valence-corrected chi connectivity index (χ2v) is 10.4. The minimum absolute atomic E-state index is 0.208. The monoisotopic (exact) mass is 486 g/mol. The molecule has 9 nitrogen and oxygen atoms in total. The van der Waals surface area contributed by atoms with Gasteiger partial charge in [0.15, 0.2) is 5.82 Å². The van der Waals surface area contributed by atoms with E-state index in [1.165, 1.54) is 11.3 Å². The van der Waals surface area contributed by atoms with Crippen molar-refractivity contribution in [1.82, 2.24) is 39.0 Å². The number of fused-ring (bicyclic) bond motifs is 3. The molecule has 36 heavy (non-hydrogen) atoms. The third kappa shape index (κ3) is 3.91. The average Bonchev–Trinajstić information content (AvgIpc) is 3.54. The molecule has 2 aliphatic rings. The summed E-state index contributed by atoms with van der Waals surface area (Å²) < 4.78 is 12.4. The highest BCUT2D eigenvalue weighted by Gasteiger charge is 2.26. The Hall–Kier alpha value is -3.46. The Morgan fingerprint density at radius 2 is 1.81 bits per heavy atom. The third-order valence-corrected chi connectivity index (χ3v) is 7.45. The molecule has 1 aromatic carbocycles. The van der Waals surface area contributed by atoms with E-state index in [0.717, 1.165) is 72.5 Å². The summed E-state index contributed by atoms with van der Waals surface area (Å²) in [7, 11) is 4.26. The maximum atomic E-state index is 6.24. The Kier molecular flexibility index (Phi) is 5.67. The first-order valence-corrected chi connectivity index (χ1v) is 12.9. The van der Waals surface area contributed by atoms with Crippen molar-refractivity contribution >= 4 is 0 Å². The van der Waals surface area contributed by atoms with E-state index >= 15 is 0 Å². The Labute approximate surface area is 211 Å². The first-order valence-electron chi connectivity index (χ1n) is 12.9. The molecule has 0 aliphatic carbocycles. The normalized spacial score (nSPS) is 16.6. The fraction of sp³-hybridized carbons (Fsp3) is 0.481. The number of nitrogens with zero attached hydrogens (tertiary/aromatic N) is 8. The van der Waals surface area contributed by atoms with Gasteiger partial charge in [0, 0.05) is 36.5 Å². The Morgan fingerprint density at radius 3 is 2.58 bits per heavy atom. The van der Waals surface area contributed by atoms with Crippen molar-refractivity contribution < 1.29 is 4.74 Å². The molecule has 4 aromatic rings. The molecule has 6 rings (SSSR count). The van der Waals surface area contributed by atoms with Crippen LogP contribution < -0.4 is 4.74 Å². The first-order chi connectivity index (χ1) is 17.4. The lowest BCUT2D eigenvalue weighted by molar-refractivity contribution is 0.251. The predicted molar refractivity (Wildman–Crippen MR) is 139 cm³/mol. The molecule has 188 valence electrons. The van der Waals surface area contributed by atoms with E-state index in [1.807, 2.05) is 17.8 Å². The summed E-state index contributed by atoms with van der Waals surface area (Å²) in [5.41, 5.74) is 5.51. The maximum absolute atomic E-state index is 6.24. The highest BCUT2D eigenvalue weighted by molar-refractivity contribution is 5.76. The Bertz CT molecular complexity index is 1400. The van der Waals surface area contributed by atoms with Crippen LogP contribution in [0, 0.1) is 6.92 Å². The van der Waals surface area contributed by atoms with E-state index in [4.69, 9.17) is 9.72 Å². The van der Waals surface area contributed by atoms with Gasteiger partial charge in [0.05, 0.1) is 18.3 Å². The summed E-state index contributed by atoms with van der Waals surface area (Å²) in [5.74, 6) is 3.85. The van der Waals surface area contributed by atoms with Crippen molar-refractivity contribution in [2.45, 2.75) is 52.1 Å². The number of benzene rings is 1. The number of imidazole rings is 1. The van der Waals surface area contributed by atoms with Crippen LogP contribution in [0.2, 0.25) is 0 Å². The van der Waals surface area contributed by atoms with E-state index in [1.54, 1.807) is 0 Å². The molecule has 0 saturated carbocycles. The number of rotatable bonds is 4. The zero-order valence-corrected chi connectivity index (χ0v) is 21.8. The molecule has 0 bridgehead atoms. The fourth-order valence-corrected chi connectivity index (χ4v) is 5.56. The molecular weight excluding hydrogens is 452 g/mol. The van der Waals surface area contributed by atoms with Gasteiger partial charge in [-0.05, 0) is 71.4 Å². The Balaban J connectivity index is 1.38. The number of hydrogen-bond acceptors (Lipinski definition) is 6. The second-order valence-electron chi connectivity index (χ2n) is 10.4. The lowest BCUT2D eigenvalue weighted by atomic mass is 9.89. The van der Waals surface area contributed by atoms with Gasteiger partial charge in [0.2, 0.25) is 0 Å². The van der Waals surface area contributed by atoms with Gasteiger partial charge >= 0.3 is 0 Å². The maximum Gasteiger partial charge on any atom is 0.178 e. The molecule has 0 N–H and O–H groups in total. The van der Waals surface area contributed by atoms with Crippen LogP contribution in [-0.4, -0.2) is 65.7 Å². The quantitative estimate of drug-likeness (QED) is 0.428. The lowest BCUT2D eigenvalue weighted by Gasteiger charge is -2.29. The van der Waals surface area contributed by atoms with Crippen molar-refractivity contribution in [2.24, 2.45) is 7.05 Å². The summed E-state index contributed by atoms with van der Waals surface area (Å²) in [6, 6.07) is 6.69. The second kappa shape index (κ2) is 8.89. The first kappa shape index (κ1) is 23.0. The van der Waals surface area contributed by atoms with Gasteiger partial charge in [0.25, 0.3) is 0 Å². The van der Waals surface area contributed by atoms with E-state index in [9.17, 15) is 0 Å². The van der Waals surface area contributed by atoms with E-state index in [-0.39, 0.29) is 6.04 Å². The SMILES string of the molecule is Cc1nc(-c2cn3c(n2)-c2ccc(-c4cnn(C)c4C4CCN(C)CC4)cc2OCC3)n(C(C)C)n1. The topological polar surface area (TPSA) is 78.8 Å². The van der Waals surface area contributed by atoms with E-state index in [0.29, 0.717) is 12.5 Å². The van der Waals surface area contributed by atoms with Crippen LogP contribution in [0.4, 0.5) is 0 Å². The van der Waals surface area contributed by atoms with Crippen LogP contribution in [0.3, 0.4) is 0 Å². The summed E-state index contributed by atoms with van der Waals surface area (Å²) >= 11 is 0. The molecule has 1 fully saturated rings. The van der Waals surface area contributed by atoms with Gasteiger partial charge < -0.3 is 14.2 Å². The minimum Gasteiger partial charge on any atom is -0.491 e. The summed E-state index contributed by atoms with van der Waals surface area (Å²) in [4.78, 5) is 12.1. The molecule has 5 heterocycles. The minimum atomic E-state index is 0.208. The highest BCUT2D eigenvalue weighted by atomic mass is 16.5. The van der Waals surface area contributed by atoms with E-state index in [2.05, 4.69) is 81.7 Å². The van der Waals surface area contributed by atoms with Gasteiger partial charge in [-0.3, -0.25) is 4.68 Å². The standard InChI is InChI=1S/C27H34N8O/c1-17(2)35-27(29-18(3)31-35)23-16-34-12-13-36-24-14-20(6-7-21(24)26(34)30-23)22-15-28-33(5)25(22)19-8-10-32(4)11-9-19/h6-7,14-17,19H,8-13H2,1-5H3. The number of ether oxygens (including phenoxy) is 1. The van der Waals surface area contributed by atoms with Gasteiger partial charge in [-0.1, -0.05) is 6.07 Å². The molecule has 0 atom stereocenters. The zero-order chi connectivity index (χ0) is 25.0. The molecule has 0 unspecified atom stereocenters. The predicted octanol–water partition coefficient (Wildman–Crippen LogP) is 4.30. The number of likely N-dealkylation sites (tertiary alicyclic amines) is 1. The van der Waals surface area contributed by atoms with Crippen molar-refractivity contribution in [1.29, 1.82) is 0 Å². The molecule has 2 aliphatic heterocycles. The average molecular weight is 487 g/mol. The smallest absolute Gasteiger partial charge is 0.178 e. The molecule has 1 saturated heterocycles. The number of aryl methyl sites for hydroxylation is 2. The van der Waals surface area contributed by atoms with Crippen LogP contribution in [-0.2, 0) is 13.6 Å². The molecule has 3 aromatic heterocycles. The Morgan fingerprint density at radius 1 is 1.00 bits per heavy atom. The van der Waals surface area contributed by atoms with E-state index < -0.39 is 0 Å². The highest BCUT2D eigenvalue weighted by Crippen LogP contribution is 2.40. The zero-order valence-electron chi connectivity index (χ0n) is 21.8. The van der Waals surface area contributed by atoms with Crippen LogP contribution >= 0.6 is 0 Å². The van der Waals surface area contributed by atoms with Crippen molar-refractivity contribution in [3.8, 4) is 39.8 Å². The van der Waals surface area contributed by atoms with Gasteiger partial charge in [0.1, 0.15) is 29.7 Å². The van der Waals surface area contributed by atoms with Gasteiger partial charge in [-0.2, -0.15) is 10.2 Å². The molecule has 0 radical (unpaired) electrons. The van der Waals surface area contributed by atoms with Gasteiger partial charge in [-0.15, -0.1) is 0 Å². The van der Waals surface area contributed by atoms with Crippen molar-refractivity contribution in [3.63, 3.8) is 0 Å². The number of hydrogen-bond donors (Lipinski definition) is 0. The summed E-state index contributed by atoms with van der Waals surface area (Å²) in [6.45, 7) is 9.71. The van der Waals surface area contributed by atoms with Crippen LogP contribution in [0.1, 0.15) is 50.2 Å². The van der Waals surface area contributed by atoms with Crippen molar-refractivity contribution in [3.05, 3.63) is 42.1 Å². The van der Waals surface area contributed by atoms with Crippen LogP contribution in [0.25, 0.3) is 34.0 Å².